The Morgan fingerprint density at radius 3 is 2.76 bits per heavy atom. The van der Waals surface area contributed by atoms with Crippen LogP contribution in [0.15, 0.2) is 17.1 Å². The highest BCUT2D eigenvalue weighted by Crippen LogP contribution is 2.06. The molecule has 0 spiro atoms. The van der Waals surface area contributed by atoms with Gasteiger partial charge in [0, 0.05) is 12.6 Å². The van der Waals surface area contributed by atoms with Crippen LogP contribution in [0.1, 0.15) is 26.3 Å². The highest BCUT2D eigenvalue weighted by molar-refractivity contribution is 6.33. The topological polar surface area (TPSA) is 71.2 Å². The summed E-state index contributed by atoms with van der Waals surface area (Å²) in [5.74, 6) is 0. The fraction of sp³-hybridized carbons (Fsp3) is 0.455. The number of aromatic nitrogens is 1. The lowest BCUT2D eigenvalue weighted by atomic mass is 9.93. The molecule has 0 aliphatic carbocycles. The molecule has 0 saturated heterocycles. The molecule has 1 aromatic rings. The maximum Gasteiger partial charge on any atom is 0.407 e. The summed E-state index contributed by atoms with van der Waals surface area (Å²) in [4.78, 5) is 24.9. The molecule has 1 aromatic heterocycles. The summed E-state index contributed by atoms with van der Waals surface area (Å²) in [5.41, 5.74) is 0.157. The summed E-state index contributed by atoms with van der Waals surface area (Å²) in [5, 5.41) is 2.53. The van der Waals surface area contributed by atoms with Crippen LogP contribution in [0, 0.1) is 0 Å². The minimum absolute atomic E-state index is 0.157. The van der Waals surface area contributed by atoms with Crippen molar-refractivity contribution in [1.82, 2.24) is 10.3 Å². The molecule has 1 rings (SSSR count). The van der Waals surface area contributed by atoms with Crippen molar-refractivity contribution in [2.24, 2.45) is 0 Å². The van der Waals surface area contributed by atoms with Crippen LogP contribution >= 0.6 is 0 Å². The van der Waals surface area contributed by atoms with Gasteiger partial charge in [0.05, 0.1) is 0 Å². The molecule has 1 heterocycles. The van der Waals surface area contributed by atoms with E-state index in [0.29, 0.717) is 11.0 Å². The molecule has 90 valence electrons. The first kappa shape index (κ1) is 13.4. The maximum absolute atomic E-state index is 11.4. The smallest absolute Gasteiger partial charge is 0.407 e. The van der Waals surface area contributed by atoms with Crippen LogP contribution in [0.25, 0.3) is 0 Å². The number of alkyl carbamates (subject to hydrolysis) is 1. The predicted molar refractivity (Wildman–Crippen MR) is 65.5 cm³/mol. The molecule has 5 nitrogen and oxygen atoms in total. The molecule has 2 radical (unpaired) electrons. The van der Waals surface area contributed by atoms with Crippen LogP contribution in [-0.4, -0.2) is 24.5 Å². The molecule has 1 amide bonds. The molecule has 2 N–H and O–H groups in total. The van der Waals surface area contributed by atoms with E-state index in [0.717, 1.165) is 0 Å². The van der Waals surface area contributed by atoms with Gasteiger partial charge < -0.3 is 15.0 Å². The van der Waals surface area contributed by atoms with E-state index in [-0.39, 0.29) is 12.1 Å². The number of amides is 1. The van der Waals surface area contributed by atoms with Crippen molar-refractivity contribution >= 4 is 19.4 Å². The van der Waals surface area contributed by atoms with Gasteiger partial charge in [0.15, 0.2) is 0 Å². The molecule has 0 aromatic carbocycles. The molecule has 17 heavy (non-hydrogen) atoms. The van der Waals surface area contributed by atoms with Crippen molar-refractivity contribution in [2.75, 3.05) is 0 Å². The van der Waals surface area contributed by atoms with E-state index in [9.17, 15) is 9.59 Å². The summed E-state index contributed by atoms with van der Waals surface area (Å²) < 4.78 is 5.05. The van der Waals surface area contributed by atoms with Crippen LogP contribution in [0.5, 0.6) is 0 Å². The van der Waals surface area contributed by atoms with E-state index in [4.69, 9.17) is 12.6 Å². The Labute approximate surface area is 101 Å². The Kier molecular flexibility index (Phi) is 3.99. The van der Waals surface area contributed by atoms with E-state index >= 15 is 0 Å². The second-order valence-corrected chi connectivity index (χ2v) is 4.63. The van der Waals surface area contributed by atoms with Gasteiger partial charge in [-0.05, 0) is 32.5 Å². The van der Waals surface area contributed by atoms with Crippen LogP contribution in [0.4, 0.5) is 4.79 Å². The summed E-state index contributed by atoms with van der Waals surface area (Å²) in [6, 6.07) is 1.34. The third kappa shape index (κ3) is 4.76. The van der Waals surface area contributed by atoms with Crippen LogP contribution < -0.4 is 16.3 Å². The average Bonchev–Trinajstić information content (AvgIpc) is 2.17. The van der Waals surface area contributed by atoms with Crippen molar-refractivity contribution in [3.05, 3.63) is 28.2 Å². The first-order valence-electron chi connectivity index (χ1n) is 5.22. The van der Waals surface area contributed by atoms with E-state index in [2.05, 4.69) is 10.3 Å². The zero-order valence-corrected chi connectivity index (χ0v) is 10.2. The number of rotatable bonds is 2. The minimum atomic E-state index is -0.552. The number of hydrogen-bond donors (Lipinski definition) is 2. The maximum atomic E-state index is 11.4. The number of carbonyl (C=O) groups is 1. The predicted octanol–water partition coefficient (Wildman–Crippen LogP) is 0.193. The third-order valence-electron chi connectivity index (χ3n) is 1.87. The van der Waals surface area contributed by atoms with Gasteiger partial charge in [-0.15, -0.1) is 0 Å². The van der Waals surface area contributed by atoms with Gasteiger partial charge in [-0.3, -0.25) is 4.79 Å². The summed E-state index contributed by atoms with van der Waals surface area (Å²) in [7, 11) is 5.64. The van der Waals surface area contributed by atoms with E-state index in [1.54, 1.807) is 20.8 Å². The van der Waals surface area contributed by atoms with E-state index in [1.165, 1.54) is 12.3 Å². The molecule has 0 aliphatic rings. The Morgan fingerprint density at radius 2 is 2.18 bits per heavy atom. The highest BCUT2D eigenvalue weighted by atomic mass is 16.6. The first-order chi connectivity index (χ1) is 7.78. The third-order valence-corrected chi connectivity index (χ3v) is 1.87. The Hall–Kier alpha value is -1.72. The van der Waals surface area contributed by atoms with Gasteiger partial charge in [0.1, 0.15) is 13.4 Å². The lowest BCUT2D eigenvalue weighted by Crippen LogP contribution is -2.33. The number of carbonyl (C=O) groups excluding carboxylic acids is 1. The van der Waals surface area contributed by atoms with Crippen LogP contribution in [0.2, 0.25) is 0 Å². The fourth-order valence-corrected chi connectivity index (χ4v) is 1.16. The fourth-order valence-electron chi connectivity index (χ4n) is 1.16. The number of H-pyrrole nitrogens is 1. The lowest BCUT2D eigenvalue weighted by Gasteiger charge is -2.19. The monoisotopic (exact) mass is 234 g/mol. The quantitative estimate of drug-likeness (QED) is 0.717. The lowest BCUT2D eigenvalue weighted by molar-refractivity contribution is 0.0523. The SMILES string of the molecule is [B]c1c[nH]c(=O)cc1CNC(=O)OC(C)(C)C. The normalized spacial score (nSPS) is 11.0. The Morgan fingerprint density at radius 1 is 1.53 bits per heavy atom. The first-order valence-corrected chi connectivity index (χ1v) is 5.22. The number of aromatic amines is 1. The highest BCUT2D eigenvalue weighted by Gasteiger charge is 2.15. The van der Waals surface area contributed by atoms with E-state index < -0.39 is 11.7 Å². The molecule has 0 fully saturated rings. The summed E-state index contributed by atoms with van der Waals surface area (Å²) in [6.45, 7) is 5.47. The second kappa shape index (κ2) is 5.08. The number of nitrogens with one attached hydrogen (secondary N) is 2. The van der Waals surface area contributed by atoms with Crippen molar-refractivity contribution in [2.45, 2.75) is 32.9 Å². The second-order valence-electron chi connectivity index (χ2n) is 4.63. The molecule has 0 bridgehead atoms. The Balaban J connectivity index is 2.59. The van der Waals surface area contributed by atoms with E-state index in [1.807, 2.05) is 0 Å². The average molecular weight is 234 g/mol. The van der Waals surface area contributed by atoms with Crippen LogP contribution in [-0.2, 0) is 11.3 Å². The molecule has 6 heteroatoms. The number of hydrogen-bond acceptors (Lipinski definition) is 3. The molecule has 0 atom stereocenters. The van der Waals surface area contributed by atoms with Gasteiger partial charge in [0.25, 0.3) is 0 Å². The van der Waals surface area contributed by atoms with Gasteiger partial charge in [-0.1, -0.05) is 5.46 Å². The van der Waals surface area contributed by atoms with Crippen LogP contribution in [0.3, 0.4) is 0 Å². The summed E-state index contributed by atoms with van der Waals surface area (Å²) in [6.07, 6.45) is 0.853. The van der Waals surface area contributed by atoms with Gasteiger partial charge in [-0.25, -0.2) is 4.79 Å². The number of pyridine rings is 1. The molecule has 0 saturated carbocycles. The van der Waals surface area contributed by atoms with Gasteiger partial charge >= 0.3 is 6.09 Å². The van der Waals surface area contributed by atoms with Crippen molar-refractivity contribution in [3.8, 4) is 0 Å². The van der Waals surface area contributed by atoms with Crippen molar-refractivity contribution in [1.29, 1.82) is 0 Å². The number of ether oxygens (including phenoxy) is 1. The largest absolute Gasteiger partial charge is 0.444 e. The van der Waals surface area contributed by atoms with Gasteiger partial charge in [0.2, 0.25) is 5.56 Å². The zero-order chi connectivity index (χ0) is 13.1. The van der Waals surface area contributed by atoms with Gasteiger partial charge in [-0.2, -0.15) is 0 Å². The molecule has 0 unspecified atom stereocenters. The Bertz CT molecular complexity index is 463. The minimum Gasteiger partial charge on any atom is -0.444 e. The van der Waals surface area contributed by atoms with Crippen molar-refractivity contribution < 1.29 is 9.53 Å². The molecule has 0 aliphatic heterocycles. The molecular weight excluding hydrogens is 219 g/mol. The zero-order valence-electron chi connectivity index (χ0n) is 10.2. The summed E-state index contributed by atoms with van der Waals surface area (Å²) >= 11 is 0. The van der Waals surface area contributed by atoms with Crippen molar-refractivity contribution in [3.63, 3.8) is 0 Å². The standard InChI is InChI=1S/C11H15BN2O3/c1-11(2,3)17-10(16)14-5-7-4-9(15)13-6-8(7)12/h4,6H,5H2,1-3H3,(H,13,15)(H,14,16). The molecular formula is C11H15BN2O3.